The Kier molecular flexibility index (Phi) is 8.45. The third-order valence-electron chi connectivity index (χ3n) is 5.12. The fourth-order valence-electron chi connectivity index (χ4n) is 3.39. The standard InChI is InChI=1S/C20H31N3O5S/c1-4-22(5-2)19(24)15-21-20(25)16-10-11-17(28-3)18(14-16)29(26,27)23-12-8-6-7-9-13-23/h10-11,14H,4-9,12-13,15H2,1-3H3,(H,21,25). The molecule has 9 heteroatoms. The van der Waals surface area contributed by atoms with Crippen molar-refractivity contribution in [2.45, 2.75) is 44.4 Å². The second-order valence-corrected chi connectivity index (χ2v) is 8.84. The normalized spacial score (nSPS) is 15.4. The van der Waals surface area contributed by atoms with Crippen LogP contribution < -0.4 is 10.1 Å². The minimum Gasteiger partial charge on any atom is -0.495 e. The van der Waals surface area contributed by atoms with E-state index in [-0.39, 0.29) is 28.7 Å². The Morgan fingerprint density at radius 1 is 1.10 bits per heavy atom. The lowest BCUT2D eigenvalue weighted by Gasteiger charge is -2.22. The highest BCUT2D eigenvalue weighted by Crippen LogP contribution is 2.29. The lowest BCUT2D eigenvalue weighted by atomic mass is 10.2. The smallest absolute Gasteiger partial charge is 0.251 e. The second kappa shape index (κ2) is 10.6. The van der Waals surface area contributed by atoms with Gasteiger partial charge in [-0.3, -0.25) is 9.59 Å². The molecular weight excluding hydrogens is 394 g/mol. The van der Waals surface area contributed by atoms with Crippen LogP contribution in [0.2, 0.25) is 0 Å². The molecule has 1 aliphatic heterocycles. The summed E-state index contributed by atoms with van der Waals surface area (Å²) in [6.45, 7) is 5.64. The second-order valence-electron chi connectivity index (χ2n) is 6.93. The lowest BCUT2D eigenvalue weighted by molar-refractivity contribution is -0.129. The van der Waals surface area contributed by atoms with Crippen molar-refractivity contribution in [2.75, 3.05) is 39.8 Å². The molecule has 1 saturated heterocycles. The number of carbonyl (C=O) groups is 2. The third-order valence-corrected chi connectivity index (χ3v) is 7.04. The summed E-state index contributed by atoms with van der Waals surface area (Å²) in [6.07, 6.45) is 3.64. The van der Waals surface area contributed by atoms with Gasteiger partial charge in [0.25, 0.3) is 5.91 Å². The number of sulfonamides is 1. The van der Waals surface area contributed by atoms with Crippen molar-refractivity contribution in [3.63, 3.8) is 0 Å². The van der Waals surface area contributed by atoms with E-state index in [1.54, 1.807) is 4.90 Å². The fourth-order valence-corrected chi connectivity index (χ4v) is 5.09. The number of carbonyl (C=O) groups excluding carboxylic acids is 2. The summed E-state index contributed by atoms with van der Waals surface area (Å²) in [5.74, 6) is -0.486. The number of amides is 2. The Bertz CT molecular complexity index is 813. The number of hydrogen-bond donors (Lipinski definition) is 1. The molecule has 0 saturated carbocycles. The summed E-state index contributed by atoms with van der Waals surface area (Å²) in [4.78, 5) is 26.2. The van der Waals surface area contributed by atoms with Crippen LogP contribution in [-0.4, -0.2) is 69.3 Å². The van der Waals surface area contributed by atoms with Crippen LogP contribution in [0, 0.1) is 0 Å². The summed E-state index contributed by atoms with van der Waals surface area (Å²) in [5.41, 5.74) is 0.173. The van der Waals surface area contributed by atoms with Crippen molar-refractivity contribution < 1.29 is 22.7 Å². The van der Waals surface area contributed by atoms with Crippen LogP contribution in [0.3, 0.4) is 0 Å². The maximum Gasteiger partial charge on any atom is 0.251 e. The van der Waals surface area contributed by atoms with Gasteiger partial charge in [0.2, 0.25) is 15.9 Å². The number of ether oxygens (including phenoxy) is 1. The van der Waals surface area contributed by atoms with Crippen molar-refractivity contribution in [2.24, 2.45) is 0 Å². The van der Waals surface area contributed by atoms with Crippen LogP contribution in [0.5, 0.6) is 5.75 Å². The fraction of sp³-hybridized carbons (Fsp3) is 0.600. The van der Waals surface area contributed by atoms with E-state index in [1.807, 2.05) is 13.8 Å². The van der Waals surface area contributed by atoms with E-state index in [2.05, 4.69) is 5.32 Å². The van der Waals surface area contributed by atoms with E-state index in [4.69, 9.17) is 4.74 Å². The van der Waals surface area contributed by atoms with Gasteiger partial charge in [0, 0.05) is 31.7 Å². The Labute approximate surface area is 173 Å². The Morgan fingerprint density at radius 3 is 2.28 bits per heavy atom. The van der Waals surface area contributed by atoms with Crippen LogP contribution in [0.15, 0.2) is 23.1 Å². The van der Waals surface area contributed by atoms with Crippen molar-refractivity contribution in [1.82, 2.24) is 14.5 Å². The molecule has 0 aromatic heterocycles. The molecule has 29 heavy (non-hydrogen) atoms. The predicted octanol–water partition coefficient (Wildman–Crippen LogP) is 1.86. The minimum atomic E-state index is -3.78. The van der Waals surface area contributed by atoms with Crippen molar-refractivity contribution in [3.8, 4) is 5.75 Å². The Morgan fingerprint density at radius 2 is 1.72 bits per heavy atom. The van der Waals surface area contributed by atoms with Gasteiger partial charge < -0.3 is 15.0 Å². The molecule has 0 atom stereocenters. The van der Waals surface area contributed by atoms with Gasteiger partial charge in [-0.15, -0.1) is 0 Å². The van der Waals surface area contributed by atoms with Crippen molar-refractivity contribution in [1.29, 1.82) is 0 Å². The molecule has 0 unspecified atom stereocenters. The molecule has 2 rings (SSSR count). The monoisotopic (exact) mass is 425 g/mol. The number of methoxy groups -OCH3 is 1. The van der Waals surface area contributed by atoms with E-state index >= 15 is 0 Å². The molecule has 0 bridgehead atoms. The highest BCUT2D eigenvalue weighted by molar-refractivity contribution is 7.89. The summed E-state index contributed by atoms with van der Waals surface area (Å²) < 4.78 is 33.1. The van der Waals surface area contributed by atoms with Gasteiger partial charge >= 0.3 is 0 Å². The summed E-state index contributed by atoms with van der Waals surface area (Å²) in [5, 5.41) is 2.57. The zero-order chi connectivity index (χ0) is 21.4. The van der Waals surface area contributed by atoms with Crippen LogP contribution in [0.1, 0.15) is 49.9 Å². The first-order chi connectivity index (χ1) is 13.8. The number of rotatable bonds is 8. The van der Waals surface area contributed by atoms with Crippen molar-refractivity contribution >= 4 is 21.8 Å². The van der Waals surface area contributed by atoms with Crippen LogP contribution in [0.25, 0.3) is 0 Å². The molecule has 1 aliphatic rings. The lowest BCUT2D eigenvalue weighted by Crippen LogP contribution is -2.40. The maximum atomic E-state index is 13.2. The van der Waals surface area contributed by atoms with E-state index in [9.17, 15) is 18.0 Å². The van der Waals surface area contributed by atoms with E-state index in [0.717, 1.165) is 25.7 Å². The molecule has 1 heterocycles. The average molecular weight is 426 g/mol. The van der Waals surface area contributed by atoms with Gasteiger partial charge in [-0.2, -0.15) is 4.31 Å². The first-order valence-corrected chi connectivity index (χ1v) is 11.5. The summed E-state index contributed by atoms with van der Waals surface area (Å²) in [7, 11) is -2.38. The molecule has 8 nitrogen and oxygen atoms in total. The molecule has 1 aromatic carbocycles. The quantitative estimate of drug-likeness (QED) is 0.686. The topological polar surface area (TPSA) is 96.0 Å². The number of nitrogens with zero attached hydrogens (tertiary/aromatic N) is 2. The van der Waals surface area contributed by atoms with Crippen LogP contribution in [-0.2, 0) is 14.8 Å². The SMILES string of the molecule is CCN(CC)C(=O)CNC(=O)c1ccc(OC)c(S(=O)(=O)N2CCCCCC2)c1. The highest BCUT2D eigenvalue weighted by Gasteiger charge is 2.29. The first-order valence-electron chi connectivity index (χ1n) is 10.1. The molecule has 162 valence electrons. The predicted molar refractivity (Wildman–Crippen MR) is 110 cm³/mol. The Hall–Kier alpha value is -2.13. The molecule has 0 radical (unpaired) electrons. The zero-order valence-electron chi connectivity index (χ0n) is 17.4. The van der Waals surface area contributed by atoms with Gasteiger partial charge in [-0.05, 0) is 44.9 Å². The zero-order valence-corrected chi connectivity index (χ0v) is 18.3. The number of likely N-dealkylation sites (N-methyl/N-ethyl adjacent to an activating group) is 1. The number of hydrogen-bond acceptors (Lipinski definition) is 5. The maximum absolute atomic E-state index is 13.2. The molecule has 1 N–H and O–H groups in total. The van der Waals surface area contributed by atoms with Crippen LogP contribution in [0.4, 0.5) is 0 Å². The van der Waals surface area contributed by atoms with Gasteiger partial charge in [-0.25, -0.2) is 8.42 Å². The van der Waals surface area contributed by atoms with Gasteiger partial charge in [0.05, 0.1) is 13.7 Å². The Balaban J connectivity index is 2.23. The number of nitrogens with one attached hydrogen (secondary N) is 1. The molecule has 1 aromatic rings. The largest absolute Gasteiger partial charge is 0.495 e. The van der Waals surface area contributed by atoms with Gasteiger partial charge in [-0.1, -0.05) is 12.8 Å². The molecule has 2 amide bonds. The first kappa shape index (κ1) is 23.2. The van der Waals surface area contributed by atoms with E-state index < -0.39 is 15.9 Å². The van der Waals surface area contributed by atoms with E-state index in [0.29, 0.717) is 26.2 Å². The molecule has 0 aliphatic carbocycles. The van der Waals surface area contributed by atoms with E-state index in [1.165, 1.54) is 29.6 Å². The van der Waals surface area contributed by atoms with Crippen LogP contribution >= 0.6 is 0 Å². The third kappa shape index (κ3) is 5.70. The summed E-state index contributed by atoms with van der Waals surface area (Å²) in [6, 6.07) is 4.31. The van der Waals surface area contributed by atoms with Gasteiger partial charge in [0.15, 0.2) is 0 Å². The highest BCUT2D eigenvalue weighted by atomic mass is 32.2. The molecule has 1 fully saturated rings. The van der Waals surface area contributed by atoms with Gasteiger partial charge in [0.1, 0.15) is 10.6 Å². The number of benzene rings is 1. The minimum absolute atomic E-state index is 0.0235. The molecular formula is C20H31N3O5S. The molecule has 0 spiro atoms. The van der Waals surface area contributed by atoms with Crippen molar-refractivity contribution in [3.05, 3.63) is 23.8 Å². The summed E-state index contributed by atoms with van der Waals surface area (Å²) >= 11 is 0. The average Bonchev–Trinajstić information content (AvgIpc) is 3.02.